The Hall–Kier alpha value is -3.68. The van der Waals surface area contributed by atoms with E-state index in [1.807, 2.05) is 6.92 Å². The smallest absolute Gasteiger partial charge is 0.318 e. The van der Waals surface area contributed by atoms with Crippen molar-refractivity contribution in [1.29, 1.82) is 0 Å². The van der Waals surface area contributed by atoms with Crippen LogP contribution in [-0.4, -0.2) is 66.7 Å². The number of aromatic nitrogens is 2. The van der Waals surface area contributed by atoms with Crippen LogP contribution in [0.4, 0.5) is 15.9 Å². The lowest BCUT2D eigenvalue weighted by Gasteiger charge is -2.40. The van der Waals surface area contributed by atoms with Crippen LogP contribution in [0.15, 0.2) is 48.8 Å². The molecule has 0 N–H and O–H groups in total. The first-order valence-electron chi connectivity index (χ1n) is 12.4. The highest BCUT2D eigenvalue weighted by Gasteiger charge is 2.32. The summed E-state index contributed by atoms with van der Waals surface area (Å²) in [5.41, 5.74) is 4.63. The van der Waals surface area contributed by atoms with E-state index in [-0.39, 0.29) is 6.04 Å². The molecule has 7 nitrogen and oxygen atoms in total. The molecule has 0 bridgehead atoms. The Bertz CT molecular complexity index is 1320. The van der Waals surface area contributed by atoms with E-state index >= 15 is 0 Å². The van der Waals surface area contributed by atoms with Gasteiger partial charge in [-0.2, -0.15) is 9.97 Å². The topological polar surface area (TPSA) is 61.8 Å². The van der Waals surface area contributed by atoms with Crippen LogP contribution in [0.5, 0.6) is 6.01 Å². The molecule has 2 aliphatic rings. The summed E-state index contributed by atoms with van der Waals surface area (Å²) in [6.45, 7) is 10.5. The van der Waals surface area contributed by atoms with Gasteiger partial charge in [0, 0.05) is 61.8 Å². The number of carbonyl (C=O) groups is 1. The van der Waals surface area contributed by atoms with Gasteiger partial charge in [-0.15, -0.1) is 0 Å². The third-order valence-electron chi connectivity index (χ3n) is 7.33. The minimum atomic E-state index is -0.920. The van der Waals surface area contributed by atoms with Crippen molar-refractivity contribution >= 4 is 28.2 Å². The number of hydrogen-bond acceptors (Lipinski definition) is 6. The molecule has 0 unspecified atom stereocenters. The van der Waals surface area contributed by atoms with Gasteiger partial charge in [-0.05, 0) is 37.3 Å². The van der Waals surface area contributed by atoms with Gasteiger partial charge in [-0.1, -0.05) is 36.9 Å². The molecule has 0 radical (unpaired) electrons. The van der Waals surface area contributed by atoms with E-state index in [2.05, 4.69) is 59.7 Å². The monoisotopic (exact) mass is 489 g/mol. The van der Waals surface area contributed by atoms with Gasteiger partial charge in [0.2, 0.25) is 0 Å². The number of ether oxygens (including phenoxy) is 1. The maximum Gasteiger partial charge on any atom is 0.318 e. The Kier molecular flexibility index (Phi) is 6.51. The third kappa shape index (κ3) is 4.36. The molecule has 188 valence electrons. The van der Waals surface area contributed by atoms with Gasteiger partial charge >= 0.3 is 6.01 Å². The standard InChI is InChI=1S/C28H32FN5O2/c1-18-7-5-8-21-9-6-10-24(25(18)21)32-13-11-22-23(12-14-32)30-28(36-4)31-26(22)33-15-16-34(19(2)17-33)27(35)20(3)29/h5-10,19H,3,11-17H2,1-2,4H3/t19-/m1/s1. The Morgan fingerprint density at radius 2 is 1.81 bits per heavy atom. The number of piperazine rings is 1. The molecule has 0 spiro atoms. The van der Waals surface area contributed by atoms with Gasteiger partial charge in [-0.25, -0.2) is 4.39 Å². The summed E-state index contributed by atoms with van der Waals surface area (Å²) in [5, 5.41) is 2.53. The summed E-state index contributed by atoms with van der Waals surface area (Å²) < 4.78 is 19.0. The number of anilines is 2. The molecule has 1 aromatic heterocycles. The highest BCUT2D eigenvalue weighted by Crippen LogP contribution is 2.33. The number of aryl methyl sites for hydroxylation is 1. The van der Waals surface area contributed by atoms with E-state index in [0.29, 0.717) is 25.6 Å². The lowest BCUT2D eigenvalue weighted by molar-refractivity contribution is -0.131. The maximum absolute atomic E-state index is 13.5. The summed E-state index contributed by atoms with van der Waals surface area (Å²) in [6.07, 6.45) is 1.57. The van der Waals surface area contributed by atoms with Gasteiger partial charge in [0.05, 0.1) is 12.8 Å². The van der Waals surface area contributed by atoms with Crippen LogP contribution in [0.2, 0.25) is 0 Å². The van der Waals surface area contributed by atoms with Crippen LogP contribution in [0.3, 0.4) is 0 Å². The fourth-order valence-electron chi connectivity index (χ4n) is 5.53. The molecule has 3 heterocycles. The lowest BCUT2D eigenvalue weighted by Crippen LogP contribution is -2.54. The Balaban J connectivity index is 1.45. The number of fused-ring (bicyclic) bond motifs is 2. The predicted molar refractivity (Wildman–Crippen MR) is 141 cm³/mol. The highest BCUT2D eigenvalue weighted by molar-refractivity contribution is 5.97. The number of benzene rings is 2. The van der Waals surface area contributed by atoms with Crippen LogP contribution in [0.1, 0.15) is 23.7 Å². The molecule has 0 saturated carbocycles. The van der Waals surface area contributed by atoms with Crippen LogP contribution in [0.25, 0.3) is 10.8 Å². The van der Waals surface area contributed by atoms with Gasteiger partial charge in [0.1, 0.15) is 5.82 Å². The summed E-state index contributed by atoms with van der Waals surface area (Å²) in [4.78, 5) is 27.8. The first kappa shape index (κ1) is 24.0. The predicted octanol–water partition coefficient (Wildman–Crippen LogP) is 4.07. The van der Waals surface area contributed by atoms with E-state index in [0.717, 1.165) is 43.0 Å². The van der Waals surface area contributed by atoms with Crippen molar-refractivity contribution in [3.05, 3.63) is 65.6 Å². The zero-order valence-electron chi connectivity index (χ0n) is 21.1. The zero-order chi connectivity index (χ0) is 25.4. The zero-order valence-corrected chi connectivity index (χ0v) is 21.1. The van der Waals surface area contributed by atoms with Gasteiger partial charge in [-0.3, -0.25) is 4.79 Å². The van der Waals surface area contributed by atoms with Crippen molar-refractivity contribution in [2.24, 2.45) is 0 Å². The number of nitrogens with zero attached hydrogens (tertiary/aromatic N) is 5. The maximum atomic E-state index is 13.5. The highest BCUT2D eigenvalue weighted by atomic mass is 19.1. The minimum absolute atomic E-state index is 0.170. The molecule has 2 aliphatic heterocycles. The molecule has 0 aliphatic carbocycles. The van der Waals surface area contributed by atoms with Gasteiger partial charge < -0.3 is 19.4 Å². The summed E-state index contributed by atoms with van der Waals surface area (Å²) in [7, 11) is 1.58. The van der Waals surface area contributed by atoms with E-state index in [9.17, 15) is 9.18 Å². The normalized spacial score (nSPS) is 18.1. The molecular formula is C28H32FN5O2. The molecular weight excluding hydrogens is 457 g/mol. The second-order valence-corrected chi connectivity index (χ2v) is 9.59. The van der Waals surface area contributed by atoms with E-state index < -0.39 is 11.7 Å². The van der Waals surface area contributed by atoms with Crippen molar-refractivity contribution < 1.29 is 13.9 Å². The van der Waals surface area contributed by atoms with Crippen molar-refractivity contribution in [1.82, 2.24) is 14.9 Å². The molecule has 2 aromatic carbocycles. The fraction of sp³-hybridized carbons (Fsp3) is 0.393. The average molecular weight is 490 g/mol. The van der Waals surface area contributed by atoms with Crippen LogP contribution in [0, 0.1) is 6.92 Å². The van der Waals surface area contributed by atoms with Crippen molar-refractivity contribution in [2.45, 2.75) is 32.7 Å². The van der Waals surface area contributed by atoms with Crippen LogP contribution in [-0.2, 0) is 17.6 Å². The molecule has 1 atom stereocenters. The Morgan fingerprint density at radius 3 is 2.53 bits per heavy atom. The van der Waals surface area contributed by atoms with Crippen LogP contribution >= 0.6 is 0 Å². The lowest BCUT2D eigenvalue weighted by atomic mass is 10.0. The third-order valence-corrected chi connectivity index (χ3v) is 7.33. The molecule has 1 amide bonds. The fourth-order valence-corrected chi connectivity index (χ4v) is 5.53. The number of hydrogen-bond donors (Lipinski definition) is 0. The number of amides is 1. The number of halogens is 1. The van der Waals surface area contributed by atoms with E-state index in [4.69, 9.17) is 14.7 Å². The quantitative estimate of drug-likeness (QED) is 0.515. The largest absolute Gasteiger partial charge is 0.467 e. The van der Waals surface area contributed by atoms with Crippen molar-refractivity contribution in [3.8, 4) is 6.01 Å². The molecule has 5 rings (SSSR count). The first-order valence-corrected chi connectivity index (χ1v) is 12.4. The number of carbonyl (C=O) groups excluding carboxylic acids is 1. The molecule has 1 saturated heterocycles. The second-order valence-electron chi connectivity index (χ2n) is 9.59. The number of methoxy groups -OCH3 is 1. The van der Waals surface area contributed by atoms with Crippen molar-refractivity contribution in [2.75, 3.05) is 49.6 Å². The summed E-state index contributed by atoms with van der Waals surface area (Å²) >= 11 is 0. The van der Waals surface area contributed by atoms with Crippen LogP contribution < -0.4 is 14.5 Å². The Labute approximate surface area is 211 Å². The summed E-state index contributed by atoms with van der Waals surface area (Å²) in [6, 6.07) is 13.1. The Morgan fingerprint density at radius 1 is 1.06 bits per heavy atom. The SMILES string of the molecule is C=C(F)C(=O)N1CCN(c2nc(OC)nc3c2CCN(c2cccc4cccc(C)c24)CC3)C[C@H]1C. The molecule has 8 heteroatoms. The van der Waals surface area contributed by atoms with E-state index in [1.54, 1.807) is 12.0 Å². The molecule has 1 fully saturated rings. The number of rotatable bonds is 4. The minimum Gasteiger partial charge on any atom is -0.467 e. The van der Waals surface area contributed by atoms with Gasteiger partial charge in [0.25, 0.3) is 5.91 Å². The molecule has 36 heavy (non-hydrogen) atoms. The van der Waals surface area contributed by atoms with Crippen molar-refractivity contribution in [3.63, 3.8) is 0 Å². The van der Waals surface area contributed by atoms with Gasteiger partial charge in [0.15, 0.2) is 5.83 Å². The summed E-state index contributed by atoms with van der Waals surface area (Å²) in [5.74, 6) is -0.704. The first-order chi connectivity index (χ1) is 17.4. The molecule has 3 aromatic rings. The average Bonchev–Trinajstić information content (AvgIpc) is 3.10. The second kappa shape index (κ2) is 9.76. The van der Waals surface area contributed by atoms with E-state index in [1.165, 1.54) is 22.0 Å².